The smallest absolute Gasteiger partial charge is 0.0933 e. The maximum atomic E-state index is 8.62. The Labute approximate surface area is 63.6 Å². The quantitative estimate of drug-likeness (QED) is 0.587. The van der Waals surface area contributed by atoms with Crippen LogP contribution < -0.4 is 5.32 Å². The van der Waals surface area contributed by atoms with Crippen molar-refractivity contribution in [2.75, 3.05) is 6.73 Å². The lowest BCUT2D eigenvalue weighted by atomic mass is 9.85. The lowest BCUT2D eigenvalue weighted by molar-refractivity contribution is 0.180. The minimum absolute atomic E-state index is 0.0791. The predicted molar refractivity (Wildman–Crippen MR) is 43.8 cm³/mol. The lowest BCUT2D eigenvalue weighted by Crippen LogP contribution is -2.40. The maximum absolute atomic E-state index is 8.62. The fourth-order valence-corrected chi connectivity index (χ4v) is 1.17. The van der Waals surface area contributed by atoms with Crippen molar-refractivity contribution in [2.24, 2.45) is 5.41 Å². The molecule has 1 atom stereocenters. The van der Waals surface area contributed by atoms with Gasteiger partial charge < -0.3 is 5.11 Å². The molecule has 10 heavy (non-hydrogen) atoms. The van der Waals surface area contributed by atoms with Crippen LogP contribution in [0.15, 0.2) is 0 Å². The molecule has 0 heterocycles. The van der Waals surface area contributed by atoms with E-state index in [0.717, 1.165) is 6.42 Å². The fraction of sp³-hybridized carbons (Fsp3) is 1.00. The summed E-state index contributed by atoms with van der Waals surface area (Å²) in [6.45, 7) is 8.71. The van der Waals surface area contributed by atoms with Crippen molar-refractivity contribution in [1.82, 2.24) is 5.32 Å². The number of hydrogen-bond donors (Lipinski definition) is 2. The van der Waals surface area contributed by atoms with Gasteiger partial charge in [-0.1, -0.05) is 27.7 Å². The van der Waals surface area contributed by atoms with Gasteiger partial charge in [-0.25, -0.2) is 0 Å². The summed E-state index contributed by atoms with van der Waals surface area (Å²) in [5.41, 5.74) is 0.248. The molecule has 2 nitrogen and oxygen atoms in total. The van der Waals surface area contributed by atoms with Crippen LogP contribution in [-0.4, -0.2) is 17.9 Å². The zero-order valence-corrected chi connectivity index (χ0v) is 7.44. The topological polar surface area (TPSA) is 32.3 Å². The van der Waals surface area contributed by atoms with Crippen molar-refractivity contribution < 1.29 is 5.11 Å². The largest absolute Gasteiger partial charge is 0.381 e. The van der Waals surface area contributed by atoms with E-state index in [4.69, 9.17) is 5.11 Å². The van der Waals surface area contributed by atoms with Gasteiger partial charge in [0.25, 0.3) is 0 Å². The summed E-state index contributed by atoms with van der Waals surface area (Å²) in [5.74, 6) is 0. The van der Waals surface area contributed by atoms with E-state index in [1.807, 2.05) is 0 Å². The molecular weight excluding hydrogens is 126 g/mol. The summed E-state index contributed by atoms with van der Waals surface area (Å²) < 4.78 is 0. The number of nitrogens with one attached hydrogen (secondary N) is 1. The highest BCUT2D eigenvalue weighted by Gasteiger charge is 2.21. The highest BCUT2D eigenvalue weighted by molar-refractivity contribution is 4.77. The molecule has 0 bridgehead atoms. The van der Waals surface area contributed by atoms with Crippen LogP contribution in [0.3, 0.4) is 0 Å². The minimum atomic E-state index is 0.0791. The second kappa shape index (κ2) is 3.94. The first-order valence-electron chi connectivity index (χ1n) is 3.86. The number of aliphatic hydroxyl groups excluding tert-OH is 1. The summed E-state index contributed by atoms with van der Waals surface area (Å²) in [7, 11) is 0. The zero-order valence-electron chi connectivity index (χ0n) is 7.44. The average Bonchev–Trinajstić information content (AvgIpc) is 1.80. The summed E-state index contributed by atoms with van der Waals surface area (Å²) in [4.78, 5) is 0. The molecule has 2 N–H and O–H groups in total. The monoisotopic (exact) mass is 145 g/mol. The Hall–Kier alpha value is -0.0800. The van der Waals surface area contributed by atoms with E-state index in [2.05, 4.69) is 33.0 Å². The molecule has 0 aromatic carbocycles. The van der Waals surface area contributed by atoms with Crippen LogP contribution >= 0.6 is 0 Å². The van der Waals surface area contributed by atoms with E-state index >= 15 is 0 Å². The molecule has 0 saturated carbocycles. The Bertz CT molecular complexity index is 85.7. The average molecular weight is 145 g/mol. The van der Waals surface area contributed by atoms with Crippen LogP contribution in [0.25, 0.3) is 0 Å². The Morgan fingerprint density at radius 3 is 2.00 bits per heavy atom. The van der Waals surface area contributed by atoms with Gasteiger partial charge in [-0.3, -0.25) is 5.32 Å². The molecule has 0 aromatic heterocycles. The Morgan fingerprint density at radius 2 is 1.90 bits per heavy atom. The number of aliphatic hydroxyl groups is 1. The van der Waals surface area contributed by atoms with Crippen LogP contribution in [0.4, 0.5) is 0 Å². The van der Waals surface area contributed by atoms with E-state index in [-0.39, 0.29) is 12.1 Å². The number of hydrogen-bond acceptors (Lipinski definition) is 2. The first kappa shape index (κ1) is 9.92. The third-order valence-electron chi connectivity index (χ3n) is 1.79. The van der Waals surface area contributed by atoms with Gasteiger partial charge in [0.15, 0.2) is 0 Å². The molecule has 0 aliphatic heterocycles. The summed E-state index contributed by atoms with van der Waals surface area (Å²) in [6.07, 6.45) is 1.06. The minimum Gasteiger partial charge on any atom is -0.381 e. The van der Waals surface area contributed by atoms with Crippen LogP contribution in [0.2, 0.25) is 0 Å². The Morgan fingerprint density at radius 1 is 1.40 bits per heavy atom. The van der Waals surface area contributed by atoms with Crippen molar-refractivity contribution in [3.05, 3.63) is 0 Å². The molecule has 0 rings (SSSR count). The second-order valence-corrected chi connectivity index (χ2v) is 3.69. The van der Waals surface area contributed by atoms with Gasteiger partial charge in [-0.05, 0) is 11.8 Å². The van der Waals surface area contributed by atoms with Gasteiger partial charge in [-0.2, -0.15) is 0 Å². The maximum Gasteiger partial charge on any atom is 0.0933 e. The number of rotatable bonds is 3. The first-order chi connectivity index (χ1) is 4.52. The molecule has 0 spiro atoms. The van der Waals surface area contributed by atoms with E-state index in [1.165, 1.54) is 0 Å². The molecule has 2 heteroatoms. The van der Waals surface area contributed by atoms with Crippen LogP contribution in [0.5, 0.6) is 0 Å². The highest BCUT2D eigenvalue weighted by Crippen LogP contribution is 2.20. The van der Waals surface area contributed by atoms with Crippen LogP contribution in [0.1, 0.15) is 34.1 Å². The molecule has 0 radical (unpaired) electrons. The molecule has 1 unspecified atom stereocenters. The zero-order chi connectivity index (χ0) is 8.20. The van der Waals surface area contributed by atoms with Crippen molar-refractivity contribution in [1.29, 1.82) is 0 Å². The molecular formula is C8H19NO. The molecule has 0 saturated heterocycles. The van der Waals surface area contributed by atoms with Gasteiger partial charge >= 0.3 is 0 Å². The lowest BCUT2D eigenvalue weighted by Gasteiger charge is -2.29. The molecule has 0 fully saturated rings. The first-order valence-corrected chi connectivity index (χ1v) is 3.86. The molecule has 0 aliphatic rings. The van der Waals surface area contributed by atoms with Gasteiger partial charge in [0.2, 0.25) is 0 Å². The molecule has 0 aromatic rings. The summed E-state index contributed by atoms with van der Waals surface area (Å²) in [5, 5.41) is 11.6. The summed E-state index contributed by atoms with van der Waals surface area (Å²) >= 11 is 0. The van der Waals surface area contributed by atoms with Gasteiger partial charge in [0, 0.05) is 6.04 Å². The predicted octanol–water partition coefficient (Wildman–Crippen LogP) is 1.35. The Balaban J connectivity index is 3.81. The van der Waals surface area contributed by atoms with E-state index in [0.29, 0.717) is 6.04 Å². The molecule has 0 amide bonds. The van der Waals surface area contributed by atoms with E-state index in [1.54, 1.807) is 0 Å². The third-order valence-corrected chi connectivity index (χ3v) is 1.79. The third kappa shape index (κ3) is 3.18. The summed E-state index contributed by atoms with van der Waals surface area (Å²) in [6, 6.07) is 0.414. The highest BCUT2D eigenvalue weighted by atomic mass is 16.3. The van der Waals surface area contributed by atoms with Gasteiger partial charge in [-0.15, -0.1) is 0 Å². The standard InChI is InChI=1S/C8H19NO/c1-5-7(9-6-10)8(2,3)4/h7,9-10H,5-6H2,1-4H3. The van der Waals surface area contributed by atoms with E-state index < -0.39 is 0 Å². The second-order valence-electron chi connectivity index (χ2n) is 3.69. The molecule has 0 aliphatic carbocycles. The molecule has 62 valence electrons. The van der Waals surface area contributed by atoms with Crippen molar-refractivity contribution in [3.8, 4) is 0 Å². The van der Waals surface area contributed by atoms with Gasteiger partial charge in [0.05, 0.1) is 6.73 Å². The normalized spacial score (nSPS) is 15.3. The van der Waals surface area contributed by atoms with Crippen LogP contribution in [-0.2, 0) is 0 Å². The van der Waals surface area contributed by atoms with Gasteiger partial charge in [0.1, 0.15) is 0 Å². The van der Waals surface area contributed by atoms with Crippen molar-refractivity contribution in [3.63, 3.8) is 0 Å². The van der Waals surface area contributed by atoms with E-state index in [9.17, 15) is 0 Å². The SMILES string of the molecule is CCC(NCO)C(C)(C)C. The van der Waals surface area contributed by atoms with Crippen molar-refractivity contribution >= 4 is 0 Å². The fourth-order valence-electron chi connectivity index (χ4n) is 1.17. The van der Waals surface area contributed by atoms with Crippen molar-refractivity contribution in [2.45, 2.75) is 40.2 Å². The van der Waals surface area contributed by atoms with Crippen LogP contribution in [0, 0.1) is 5.41 Å². The Kier molecular flexibility index (Phi) is 3.91.